The minimum absolute atomic E-state index is 0.699. The molecule has 1 aliphatic rings. The van der Waals surface area contributed by atoms with Crippen LogP contribution in [0.5, 0.6) is 0 Å². The number of hydrogen-bond acceptors (Lipinski definition) is 1. The van der Waals surface area contributed by atoms with Gasteiger partial charge in [0, 0.05) is 11.8 Å². The van der Waals surface area contributed by atoms with Crippen LogP contribution in [0.25, 0.3) is 0 Å². The predicted molar refractivity (Wildman–Crippen MR) is 86.4 cm³/mol. The molecular formula is C18H25N. The average molecular weight is 255 g/mol. The van der Waals surface area contributed by atoms with Crippen LogP contribution in [-0.4, -0.2) is 5.71 Å². The summed E-state index contributed by atoms with van der Waals surface area (Å²) < 4.78 is 0. The Balaban J connectivity index is 3.20. The monoisotopic (exact) mass is 255 g/mol. The molecule has 0 saturated carbocycles. The zero-order chi connectivity index (χ0) is 14.4. The highest BCUT2D eigenvalue weighted by molar-refractivity contribution is 6.18. The summed E-state index contributed by atoms with van der Waals surface area (Å²) in [6, 6.07) is 0. The van der Waals surface area contributed by atoms with Crippen molar-refractivity contribution in [3.8, 4) is 0 Å². The van der Waals surface area contributed by atoms with E-state index in [0.29, 0.717) is 5.92 Å². The highest BCUT2D eigenvalue weighted by atomic mass is 14.7. The molecule has 0 aromatic carbocycles. The smallest absolute Gasteiger partial charge is 0.0775 e. The topological polar surface area (TPSA) is 12.4 Å². The molecule has 0 N–H and O–H groups in total. The molecule has 1 heteroatoms. The lowest BCUT2D eigenvalue weighted by atomic mass is 9.87. The summed E-state index contributed by atoms with van der Waals surface area (Å²) in [4.78, 5) is 4.46. The summed E-state index contributed by atoms with van der Waals surface area (Å²) in [5.74, 6) is 0.699. The molecular weight excluding hydrogens is 230 g/mol. The van der Waals surface area contributed by atoms with Gasteiger partial charge in [-0.15, -0.1) is 0 Å². The molecule has 0 aliphatic heterocycles. The minimum Gasteiger partial charge on any atom is -0.256 e. The quantitative estimate of drug-likeness (QED) is 0.624. The van der Waals surface area contributed by atoms with Crippen molar-refractivity contribution in [2.24, 2.45) is 10.9 Å². The van der Waals surface area contributed by atoms with E-state index in [1.54, 1.807) is 6.20 Å². The van der Waals surface area contributed by atoms with E-state index in [-0.39, 0.29) is 0 Å². The van der Waals surface area contributed by atoms with Gasteiger partial charge in [0.25, 0.3) is 0 Å². The Bertz CT molecular complexity index is 484. The van der Waals surface area contributed by atoms with E-state index in [9.17, 15) is 0 Å². The Hall–Kier alpha value is -1.63. The SMILES string of the molecule is C=C/N=C1/C(C(=C)C)=CC=C/C1=C(/C)CC(C)CC. The van der Waals surface area contributed by atoms with Crippen molar-refractivity contribution < 1.29 is 0 Å². The number of allylic oxidation sites excluding steroid dienone is 7. The van der Waals surface area contributed by atoms with E-state index in [2.05, 4.69) is 57.1 Å². The van der Waals surface area contributed by atoms with Crippen molar-refractivity contribution in [3.05, 3.63) is 59.9 Å². The molecule has 0 amide bonds. The van der Waals surface area contributed by atoms with Crippen molar-refractivity contribution in [2.45, 2.75) is 40.5 Å². The Morgan fingerprint density at radius 1 is 1.42 bits per heavy atom. The second kappa shape index (κ2) is 7.08. The number of rotatable bonds is 5. The van der Waals surface area contributed by atoms with E-state index in [1.807, 2.05) is 6.92 Å². The molecule has 0 aromatic heterocycles. The molecule has 1 atom stereocenters. The van der Waals surface area contributed by atoms with Gasteiger partial charge in [0.05, 0.1) is 5.71 Å². The van der Waals surface area contributed by atoms with Gasteiger partial charge in [-0.3, -0.25) is 4.99 Å². The average Bonchev–Trinajstić information content (AvgIpc) is 2.38. The van der Waals surface area contributed by atoms with Gasteiger partial charge < -0.3 is 0 Å². The van der Waals surface area contributed by atoms with Gasteiger partial charge in [0.2, 0.25) is 0 Å². The van der Waals surface area contributed by atoms with Gasteiger partial charge in [0.15, 0.2) is 0 Å². The van der Waals surface area contributed by atoms with Crippen LogP contribution < -0.4 is 0 Å². The molecule has 0 bridgehead atoms. The Labute approximate surface area is 117 Å². The van der Waals surface area contributed by atoms with Gasteiger partial charge in [-0.1, -0.05) is 57.2 Å². The van der Waals surface area contributed by atoms with Gasteiger partial charge in [-0.25, -0.2) is 0 Å². The summed E-state index contributed by atoms with van der Waals surface area (Å²) in [6.45, 7) is 16.5. The summed E-state index contributed by atoms with van der Waals surface area (Å²) in [5.41, 5.74) is 5.77. The lowest BCUT2D eigenvalue weighted by Gasteiger charge is -2.19. The lowest BCUT2D eigenvalue weighted by Crippen LogP contribution is -2.11. The second-order valence-corrected chi connectivity index (χ2v) is 5.29. The third kappa shape index (κ3) is 3.92. The van der Waals surface area contributed by atoms with Crippen LogP contribution in [0.4, 0.5) is 0 Å². The van der Waals surface area contributed by atoms with Crippen LogP contribution >= 0.6 is 0 Å². The fourth-order valence-corrected chi connectivity index (χ4v) is 2.24. The van der Waals surface area contributed by atoms with Crippen LogP contribution in [0, 0.1) is 5.92 Å². The molecule has 0 spiro atoms. The van der Waals surface area contributed by atoms with E-state index in [0.717, 1.165) is 23.3 Å². The summed E-state index contributed by atoms with van der Waals surface area (Å²) in [7, 11) is 0. The highest BCUT2D eigenvalue weighted by Gasteiger charge is 2.16. The number of hydrogen-bond donors (Lipinski definition) is 0. The first-order valence-electron chi connectivity index (χ1n) is 6.94. The highest BCUT2D eigenvalue weighted by Crippen LogP contribution is 2.26. The van der Waals surface area contributed by atoms with Crippen LogP contribution in [0.3, 0.4) is 0 Å². The maximum atomic E-state index is 4.46. The third-order valence-corrected chi connectivity index (χ3v) is 3.53. The van der Waals surface area contributed by atoms with E-state index in [1.165, 1.54) is 17.6 Å². The molecule has 1 nitrogen and oxygen atoms in total. The van der Waals surface area contributed by atoms with E-state index in [4.69, 9.17) is 0 Å². The van der Waals surface area contributed by atoms with E-state index >= 15 is 0 Å². The predicted octanol–water partition coefficient (Wildman–Crippen LogP) is 5.40. The van der Waals surface area contributed by atoms with Crippen LogP contribution in [0.15, 0.2) is 64.9 Å². The zero-order valence-electron chi connectivity index (χ0n) is 12.7. The summed E-state index contributed by atoms with van der Waals surface area (Å²) in [5, 5.41) is 0. The molecule has 19 heavy (non-hydrogen) atoms. The Morgan fingerprint density at radius 2 is 2.11 bits per heavy atom. The van der Waals surface area contributed by atoms with Crippen molar-refractivity contribution in [2.75, 3.05) is 0 Å². The fourth-order valence-electron chi connectivity index (χ4n) is 2.24. The van der Waals surface area contributed by atoms with Gasteiger partial charge >= 0.3 is 0 Å². The zero-order valence-corrected chi connectivity index (χ0v) is 12.7. The maximum Gasteiger partial charge on any atom is 0.0775 e. The molecule has 0 heterocycles. The first kappa shape index (κ1) is 15.4. The standard InChI is InChI=1S/C18H25N/c1-7-14(5)12-15(6)17-11-9-10-16(13(3)4)18(17)19-8-2/h8-11,14H,2-3,7,12H2,1,4-6H3/b17-15+,19-18-. The van der Waals surface area contributed by atoms with Crippen LogP contribution in [0.2, 0.25) is 0 Å². The van der Waals surface area contributed by atoms with Gasteiger partial charge in [-0.05, 0) is 37.3 Å². The van der Waals surface area contributed by atoms with Crippen LogP contribution in [0.1, 0.15) is 40.5 Å². The molecule has 1 aliphatic carbocycles. The number of aliphatic imine (C=N–C) groups is 1. The molecule has 0 fully saturated rings. The fraction of sp³-hybridized carbons (Fsp3) is 0.389. The Morgan fingerprint density at radius 3 is 2.63 bits per heavy atom. The second-order valence-electron chi connectivity index (χ2n) is 5.29. The maximum absolute atomic E-state index is 4.46. The molecule has 0 aromatic rings. The van der Waals surface area contributed by atoms with Crippen molar-refractivity contribution in [1.82, 2.24) is 0 Å². The first-order chi connectivity index (χ1) is 9.01. The van der Waals surface area contributed by atoms with Crippen LogP contribution in [-0.2, 0) is 0 Å². The van der Waals surface area contributed by atoms with Crippen molar-refractivity contribution in [3.63, 3.8) is 0 Å². The van der Waals surface area contributed by atoms with Gasteiger partial charge in [0.1, 0.15) is 0 Å². The van der Waals surface area contributed by atoms with E-state index < -0.39 is 0 Å². The summed E-state index contributed by atoms with van der Waals surface area (Å²) >= 11 is 0. The molecule has 1 rings (SSSR count). The Kier molecular flexibility index (Phi) is 5.75. The minimum atomic E-state index is 0.699. The molecule has 102 valence electrons. The normalized spacial score (nSPS) is 21.1. The number of nitrogens with zero attached hydrogens (tertiary/aromatic N) is 1. The third-order valence-electron chi connectivity index (χ3n) is 3.53. The molecule has 0 saturated heterocycles. The van der Waals surface area contributed by atoms with Gasteiger partial charge in [-0.2, -0.15) is 0 Å². The lowest BCUT2D eigenvalue weighted by molar-refractivity contribution is 0.556. The first-order valence-corrected chi connectivity index (χ1v) is 6.94. The molecule has 1 unspecified atom stereocenters. The van der Waals surface area contributed by atoms with Crippen molar-refractivity contribution in [1.29, 1.82) is 0 Å². The molecule has 0 radical (unpaired) electrons. The largest absolute Gasteiger partial charge is 0.256 e. The summed E-state index contributed by atoms with van der Waals surface area (Å²) in [6.07, 6.45) is 10.2. The van der Waals surface area contributed by atoms with Crippen molar-refractivity contribution >= 4 is 5.71 Å².